The number of amides is 2. The van der Waals surface area contributed by atoms with E-state index < -0.39 is 23.1 Å². The van der Waals surface area contributed by atoms with Crippen LogP contribution in [0.1, 0.15) is 43.7 Å². The van der Waals surface area contributed by atoms with Gasteiger partial charge < -0.3 is 14.5 Å². The van der Waals surface area contributed by atoms with Crippen molar-refractivity contribution in [1.82, 2.24) is 9.80 Å². The van der Waals surface area contributed by atoms with Crippen molar-refractivity contribution in [3.8, 4) is 0 Å². The molecule has 0 radical (unpaired) electrons. The number of alkyl halides is 3. The predicted octanol–water partition coefficient (Wildman–Crippen LogP) is 3.04. The van der Waals surface area contributed by atoms with Crippen molar-refractivity contribution in [2.75, 3.05) is 32.8 Å². The highest BCUT2D eigenvalue weighted by molar-refractivity contribution is 5.86. The predicted molar refractivity (Wildman–Crippen MR) is 106 cm³/mol. The van der Waals surface area contributed by atoms with E-state index >= 15 is 0 Å². The molecule has 0 bridgehead atoms. The van der Waals surface area contributed by atoms with Crippen LogP contribution in [-0.2, 0) is 31.7 Å². The van der Waals surface area contributed by atoms with Crippen LogP contribution in [0.2, 0.25) is 0 Å². The second-order valence-corrected chi connectivity index (χ2v) is 8.13. The van der Waals surface area contributed by atoms with Crippen molar-refractivity contribution >= 4 is 17.8 Å². The van der Waals surface area contributed by atoms with Crippen LogP contribution in [0.4, 0.5) is 13.2 Å². The maximum atomic E-state index is 13.5. The smallest absolute Gasteiger partial charge is 0.416 e. The van der Waals surface area contributed by atoms with Gasteiger partial charge in [0.15, 0.2) is 0 Å². The van der Waals surface area contributed by atoms with Gasteiger partial charge in [0.05, 0.1) is 24.1 Å². The molecule has 2 aliphatic heterocycles. The zero-order valence-corrected chi connectivity index (χ0v) is 17.5. The Balaban J connectivity index is 1.75. The lowest BCUT2D eigenvalue weighted by atomic mass is 9.73. The first-order valence-corrected chi connectivity index (χ1v) is 10.5. The van der Waals surface area contributed by atoms with Gasteiger partial charge in [-0.15, -0.1) is 0 Å². The molecule has 2 saturated heterocycles. The van der Waals surface area contributed by atoms with Crippen LogP contribution >= 0.6 is 0 Å². The van der Waals surface area contributed by atoms with Crippen molar-refractivity contribution in [2.45, 2.75) is 45.2 Å². The third-order valence-corrected chi connectivity index (χ3v) is 6.13. The van der Waals surface area contributed by atoms with Crippen LogP contribution in [0.5, 0.6) is 0 Å². The van der Waals surface area contributed by atoms with E-state index in [0.29, 0.717) is 13.0 Å². The molecule has 1 aromatic carbocycles. The van der Waals surface area contributed by atoms with E-state index in [4.69, 9.17) is 4.74 Å². The average molecular weight is 440 g/mol. The Kier molecular flexibility index (Phi) is 6.91. The maximum Gasteiger partial charge on any atom is 0.416 e. The van der Waals surface area contributed by atoms with Gasteiger partial charge in [-0.1, -0.05) is 18.2 Å². The molecule has 2 amide bonds. The summed E-state index contributed by atoms with van der Waals surface area (Å²) in [6.45, 7) is 2.80. The minimum atomic E-state index is -4.52. The van der Waals surface area contributed by atoms with Crippen molar-refractivity contribution < 1.29 is 32.3 Å². The fourth-order valence-electron chi connectivity index (χ4n) is 4.37. The minimum Gasteiger partial charge on any atom is -0.466 e. The monoisotopic (exact) mass is 440 g/mol. The van der Waals surface area contributed by atoms with Crippen LogP contribution < -0.4 is 0 Å². The van der Waals surface area contributed by atoms with E-state index in [-0.39, 0.29) is 62.9 Å². The first kappa shape index (κ1) is 23.1. The lowest BCUT2D eigenvalue weighted by Gasteiger charge is -2.40. The van der Waals surface area contributed by atoms with Gasteiger partial charge >= 0.3 is 12.1 Å². The molecule has 0 aromatic heterocycles. The van der Waals surface area contributed by atoms with Crippen LogP contribution in [0.25, 0.3) is 0 Å². The molecule has 170 valence electrons. The lowest BCUT2D eigenvalue weighted by molar-refractivity contribution is -0.161. The maximum absolute atomic E-state index is 13.5. The van der Waals surface area contributed by atoms with Crippen LogP contribution in [0.15, 0.2) is 24.3 Å². The lowest BCUT2D eigenvalue weighted by Crippen LogP contribution is -2.50. The summed E-state index contributed by atoms with van der Waals surface area (Å²) in [6.07, 6.45) is -3.04. The normalized spacial score (nSPS) is 18.9. The van der Waals surface area contributed by atoms with Gasteiger partial charge in [-0.05, 0) is 44.2 Å². The standard InChI is InChI=1S/C22H27F3N2O4/c1-2-31-20(30)21(14-16-6-3-4-7-17(16)22(23,24)25)9-12-26(13-10-21)19(29)15-27-11-5-8-18(27)28/h3-4,6-7H,2,5,8-15H2,1H3. The van der Waals surface area contributed by atoms with Crippen molar-refractivity contribution in [2.24, 2.45) is 5.41 Å². The van der Waals surface area contributed by atoms with Crippen LogP contribution in [-0.4, -0.2) is 60.4 Å². The fraction of sp³-hybridized carbons (Fsp3) is 0.591. The molecular weight excluding hydrogens is 413 g/mol. The van der Waals surface area contributed by atoms with E-state index in [1.807, 2.05) is 0 Å². The summed E-state index contributed by atoms with van der Waals surface area (Å²) < 4.78 is 45.6. The number of ether oxygens (including phenoxy) is 1. The Hall–Kier alpha value is -2.58. The number of hydrogen-bond donors (Lipinski definition) is 0. The minimum absolute atomic E-state index is 0.00213. The van der Waals surface area contributed by atoms with E-state index in [9.17, 15) is 27.6 Å². The third kappa shape index (κ3) is 5.19. The summed E-state index contributed by atoms with van der Waals surface area (Å²) in [5.41, 5.74) is -1.84. The topological polar surface area (TPSA) is 66.9 Å². The number of carbonyl (C=O) groups is 3. The number of benzene rings is 1. The molecule has 2 heterocycles. The summed E-state index contributed by atoms with van der Waals surface area (Å²) in [5.74, 6) is -0.785. The summed E-state index contributed by atoms with van der Waals surface area (Å²) in [5, 5.41) is 0. The average Bonchev–Trinajstić information content (AvgIpc) is 3.12. The van der Waals surface area contributed by atoms with E-state index in [1.165, 1.54) is 23.1 Å². The van der Waals surface area contributed by atoms with Crippen molar-refractivity contribution in [3.05, 3.63) is 35.4 Å². The Labute approximate surface area is 179 Å². The number of esters is 1. The number of piperidine rings is 1. The highest BCUT2D eigenvalue weighted by Gasteiger charge is 2.45. The summed E-state index contributed by atoms with van der Waals surface area (Å²) in [4.78, 5) is 40.3. The number of rotatable bonds is 6. The number of nitrogens with zero attached hydrogens (tertiary/aromatic N) is 2. The molecule has 0 unspecified atom stereocenters. The second kappa shape index (κ2) is 9.28. The van der Waals surface area contributed by atoms with Crippen LogP contribution in [0.3, 0.4) is 0 Å². The van der Waals surface area contributed by atoms with Crippen molar-refractivity contribution in [1.29, 1.82) is 0 Å². The zero-order chi connectivity index (χ0) is 22.6. The summed E-state index contributed by atoms with van der Waals surface area (Å²) >= 11 is 0. The SMILES string of the molecule is CCOC(=O)C1(Cc2ccccc2C(F)(F)F)CCN(C(=O)CN2CCCC2=O)CC1. The largest absolute Gasteiger partial charge is 0.466 e. The first-order chi connectivity index (χ1) is 14.7. The molecule has 31 heavy (non-hydrogen) atoms. The van der Waals surface area contributed by atoms with Gasteiger partial charge in [0.2, 0.25) is 11.8 Å². The molecule has 0 saturated carbocycles. The zero-order valence-electron chi connectivity index (χ0n) is 17.5. The molecule has 6 nitrogen and oxygen atoms in total. The number of likely N-dealkylation sites (tertiary alicyclic amines) is 2. The Morgan fingerprint density at radius 1 is 1.13 bits per heavy atom. The first-order valence-electron chi connectivity index (χ1n) is 10.5. The van der Waals surface area contributed by atoms with Gasteiger partial charge in [0.1, 0.15) is 0 Å². The molecule has 0 atom stereocenters. The van der Waals surface area contributed by atoms with E-state index in [0.717, 1.165) is 12.5 Å². The molecule has 2 fully saturated rings. The van der Waals surface area contributed by atoms with E-state index in [2.05, 4.69) is 0 Å². The number of carbonyl (C=O) groups excluding carboxylic acids is 3. The quantitative estimate of drug-likeness (QED) is 0.638. The Morgan fingerprint density at radius 2 is 1.81 bits per heavy atom. The van der Waals surface area contributed by atoms with Crippen molar-refractivity contribution in [3.63, 3.8) is 0 Å². The molecule has 9 heteroatoms. The van der Waals surface area contributed by atoms with Gasteiger partial charge in [0, 0.05) is 26.1 Å². The Bertz CT molecular complexity index is 832. The molecule has 0 aliphatic carbocycles. The third-order valence-electron chi connectivity index (χ3n) is 6.13. The molecule has 1 aromatic rings. The Morgan fingerprint density at radius 3 is 2.39 bits per heavy atom. The highest BCUT2D eigenvalue weighted by Crippen LogP contribution is 2.40. The van der Waals surface area contributed by atoms with Gasteiger partial charge in [0.25, 0.3) is 0 Å². The molecule has 3 rings (SSSR count). The number of halogens is 3. The second-order valence-electron chi connectivity index (χ2n) is 8.13. The molecular formula is C22H27F3N2O4. The summed E-state index contributed by atoms with van der Waals surface area (Å²) in [7, 11) is 0. The van der Waals surface area contributed by atoms with Gasteiger partial charge in [-0.25, -0.2) is 0 Å². The fourth-order valence-corrected chi connectivity index (χ4v) is 4.37. The van der Waals surface area contributed by atoms with Gasteiger partial charge in [-0.2, -0.15) is 13.2 Å². The van der Waals surface area contributed by atoms with Gasteiger partial charge in [-0.3, -0.25) is 14.4 Å². The molecule has 2 aliphatic rings. The molecule has 0 spiro atoms. The highest BCUT2D eigenvalue weighted by atomic mass is 19.4. The number of hydrogen-bond acceptors (Lipinski definition) is 4. The van der Waals surface area contributed by atoms with E-state index in [1.54, 1.807) is 11.8 Å². The van der Waals surface area contributed by atoms with Crippen LogP contribution in [0, 0.1) is 5.41 Å². The summed E-state index contributed by atoms with van der Waals surface area (Å²) in [6, 6.07) is 5.25. The molecule has 0 N–H and O–H groups in total.